The van der Waals surface area contributed by atoms with Crippen LogP contribution in [0.1, 0.15) is 45.7 Å². The quantitative estimate of drug-likeness (QED) is 0.475. The molecule has 0 bridgehead atoms. The number of thiophene rings is 1. The molecule has 0 aliphatic carbocycles. The summed E-state index contributed by atoms with van der Waals surface area (Å²) in [7, 11) is 0. The Kier molecular flexibility index (Phi) is 7.23. The first-order valence-corrected chi connectivity index (χ1v) is 12.0. The van der Waals surface area contributed by atoms with Gasteiger partial charge in [-0.25, -0.2) is 0 Å². The second kappa shape index (κ2) is 10.1. The van der Waals surface area contributed by atoms with Crippen LogP contribution in [0.5, 0.6) is 0 Å². The number of rotatable bonds is 8. The van der Waals surface area contributed by atoms with E-state index in [2.05, 4.69) is 29.4 Å². The van der Waals surface area contributed by atoms with Gasteiger partial charge in [-0.1, -0.05) is 23.7 Å². The third-order valence-corrected chi connectivity index (χ3v) is 7.01. The molecule has 1 aliphatic heterocycles. The largest absolute Gasteiger partial charge is 0.378 e. The Hall–Kier alpha value is -2.59. The van der Waals surface area contributed by atoms with Gasteiger partial charge in [-0.3, -0.25) is 14.4 Å². The maximum absolute atomic E-state index is 12.8. The lowest BCUT2D eigenvalue weighted by molar-refractivity contribution is -0.121. The van der Waals surface area contributed by atoms with E-state index in [0.29, 0.717) is 37.2 Å². The fourth-order valence-corrected chi connectivity index (χ4v) is 5.17. The molecule has 1 aliphatic rings. The van der Waals surface area contributed by atoms with Crippen molar-refractivity contribution in [1.82, 2.24) is 20.1 Å². The van der Waals surface area contributed by atoms with Crippen molar-refractivity contribution in [1.29, 1.82) is 0 Å². The second-order valence-corrected chi connectivity index (χ2v) is 9.50. The van der Waals surface area contributed by atoms with Crippen molar-refractivity contribution in [2.75, 3.05) is 26.3 Å². The number of aromatic nitrogens is 3. The number of benzene rings is 1. The van der Waals surface area contributed by atoms with Gasteiger partial charge >= 0.3 is 0 Å². The Morgan fingerprint density at radius 3 is 2.70 bits per heavy atom. The van der Waals surface area contributed by atoms with Crippen molar-refractivity contribution in [3.8, 4) is 5.00 Å². The van der Waals surface area contributed by atoms with Gasteiger partial charge in [-0.15, -0.1) is 21.5 Å². The van der Waals surface area contributed by atoms with Gasteiger partial charge < -0.3 is 15.8 Å². The number of aliphatic imine (C=N–C) groups is 1. The van der Waals surface area contributed by atoms with Crippen molar-refractivity contribution in [3.63, 3.8) is 0 Å². The lowest BCUT2D eigenvalue weighted by Gasteiger charge is -2.13. The molecule has 174 valence electrons. The highest BCUT2D eigenvalue weighted by Crippen LogP contribution is 2.39. The molecule has 3 aromatic rings. The number of carbonyl (C=O) groups excluding carboxylic acids is 1. The highest BCUT2D eigenvalue weighted by molar-refractivity contribution is 7.15. The first-order chi connectivity index (χ1) is 15.9. The summed E-state index contributed by atoms with van der Waals surface area (Å²) in [6.07, 6.45) is 0.152. The molecule has 1 atom stereocenters. The summed E-state index contributed by atoms with van der Waals surface area (Å²) in [6, 6.07) is 7.14. The third-order valence-electron chi connectivity index (χ3n) is 5.57. The summed E-state index contributed by atoms with van der Waals surface area (Å²) in [5.41, 5.74) is 9.40. The Bertz CT molecular complexity index is 1180. The predicted molar refractivity (Wildman–Crippen MR) is 131 cm³/mol. The van der Waals surface area contributed by atoms with Gasteiger partial charge in [0.05, 0.1) is 25.3 Å². The summed E-state index contributed by atoms with van der Waals surface area (Å²) >= 11 is 7.83. The molecule has 33 heavy (non-hydrogen) atoms. The van der Waals surface area contributed by atoms with E-state index in [1.165, 1.54) is 4.88 Å². The van der Waals surface area contributed by atoms with Crippen LogP contribution in [-0.4, -0.2) is 52.7 Å². The van der Waals surface area contributed by atoms with Gasteiger partial charge in [0.1, 0.15) is 16.9 Å². The minimum absolute atomic E-state index is 0.124. The molecule has 3 heterocycles. The molecule has 1 unspecified atom stereocenters. The maximum atomic E-state index is 12.8. The number of hydrogen-bond donors (Lipinski definition) is 2. The standard InChI is InChI=1S/C23H27ClN6O2S/c1-13-14(2)33-23-20(13)21(16-4-6-17(24)7-5-16)27-18(22-29-28-15(3)30(22)23)12-19(31)26-9-11-32-10-8-25/h4-7,18H,8-12,25H2,1-3H3,(H,26,31). The van der Waals surface area contributed by atoms with E-state index in [9.17, 15) is 4.79 Å². The van der Waals surface area contributed by atoms with Crippen LogP contribution in [0, 0.1) is 20.8 Å². The molecule has 4 rings (SSSR count). The molecule has 0 saturated heterocycles. The highest BCUT2D eigenvalue weighted by atomic mass is 35.5. The molecule has 0 radical (unpaired) electrons. The molecule has 2 aromatic heterocycles. The number of nitrogens with two attached hydrogens (primary N) is 1. The summed E-state index contributed by atoms with van der Waals surface area (Å²) in [4.78, 5) is 19.1. The van der Waals surface area contributed by atoms with Crippen molar-refractivity contribution in [3.05, 3.63) is 62.5 Å². The molecule has 8 nitrogen and oxygen atoms in total. The second-order valence-electron chi connectivity index (χ2n) is 7.86. The van der Waals surface area contributed by atoms with Gasteiger partial charge in [0.2, 0.25) is 5.91 Å². The lowest BCUT2D eigenvalue weighted by Crippen LogP contribution is -2.29. The molecule has 1 aromatic carbocycles. The van der Waals surface area contributed by atoms with Crippen molar-refractivity contribution in [2.45, 2.75) is 33.2 Å². The summed E-state index contributed by atoms with van der Waals surface area (Å²) < 4.78 is 7.38. The molecule has 1 amide bonds. The molecule has 0 fully saturated rings. The average Bonchev–Trinajstić information content (AvgIpc) is 3.26. The monoisotopic (exact) mass is 486 g/mol. The third kappa shape index (κ3) is 4.86. The predicted octanol–water partition coefficient (Wildman–Crippen LogP) is 3.28. The Morgan fingerprint density at radius 2 is 1.97 bits per heavy atom. The van der Waals surface area contributed by atoms with Gasteiger partial charge in [0, 0.05) is 34.1 Å². The Morgan fingerprint density at radius 1 is 1.21 bits per heavy atom. The average molecular weight is 487 g/mol. The molecule has 3 N–H and O–H groups in total. The fourth-order valence-electron chi connectivity index (χ4n) is 3.83. The van der Waals surface area contributed by atoms with Crippen molar-refractivity contribution in [2.24, 2.45) is 10.7 Å². The van der Waals surface area contributed by atoms with E-state index >= 15 is 0 Å². The number of carbonyl (C=O) groups is 1. The minimum atomic E-state index is -0.485. The number of fused-ring (bicyclic) bond motifs is 3. The topological polar surface area (TPSA) is 107 Å². The molecular formula is C23H27ClN6O2S. The number of aryl methyl sites for hydroxylation is 2. The van der Waals surface area contributed by atoms with Crippen LogP contribution >= 0.6 is 22.9 Å². The molecular weight excluding hydrogens is 460 g/mol. The van der Waals surface area contributed by atoms with Gasteiger partial charge in [-0.2, -0.15) is 0 Å². The van der Waals surface area contributed by atoms with Gasteiger partial charge in [-0.05, 0) is 38.5 Å². The van der Waals surface area contributed by atoms with Crippen LogP contribution in [0.15, 0.2) is 29.3 Å². The zero-order valence-corrected chi connectivity index (χ0v) is 20.5. The first-order valence-electron chi connectivity index (χ1n) is 10.8. The van der Waals surface area contributed by atoms with Crippen molar-refractivity contribution >= 4 is 34.6 Å². The Balaban J connectivity index is 1.73. The van der Waals surface area contributed by atoms with Crippen LogP contribution in [0.25, 0.3) is 5.00 Å². The maximum Gasteiger partial charge on any atom is 0.222 e. The number of hydrogen-bond acceptors (Lipinski definition) is 7. The number of amides is 1. The highest BCUT2D eigenvalue weighted by Gasteiger charge is 2.32. The smallest absolute Gasteiger partial charge is 0.222 e. The first kappa shape index (κ1) is 23.6. The number of nitrogens with one attached hydrogen (secondary N) is 1. The van der Waals surface area contributed by atoms with E-state index in [0.717, 1.165) is 33.2 Å². The van der Waals surface area contributed by atoms with E-state index in [1.54, 1.807) is 11.3 Å². The van der Waals surface area contributed by atoms with Crippen LogP contribution < -0.4 is 11.1 Å². The van der Waals surface area contributed by atoms with Crippen molar-refractivity contribution < 1.29 is 9.53 Å². The lowest BCUT2D eigenvalue weighted by atomic mass is 9.99. The minimum Gasteiger partial charge on any atom is -0.378 e. The van der Waals surface area contributed by atoms with E-state index in [1.807, 2.05) is 35.8 Å². The summed E-state index contributed by atoms with van der Waals surface area (Å²) in [5, 5.41) is 13.3. The number of nitrogens with zero attached hydrogens (tertiary/aromatic N) is 4. The van der Waals surface area contributed by atoms with Gasteiger partial charge in [0.15, 0.2) is 5.82 Å². The van der Waals surface area contributed by atoms with Crippen LogP contribution in [0.2, 0.25) is 5.02 Å². The van der Waals surface area contributed by atoms with Crippen LogP contribution in [0.3, 0.4) is 0 Å². The Labute approximate surface area is 201 Å². The number of halogens is 1. The molecule has 0 saturated carbocycles. The summed E-state index contributed by atoms with van der Waals surface area (Å²) in [5.74, 6) is 1.30. The van der Waals surface area contributed by atoms with E-state index in [-0.39, 0.29) is 12.3 Å². The van der Waals surface area contributed by atoms with Gasteiger partial charge in [0.25, 0.3) is 0 Å². The van der Waals surface area contributed by atoms with Crippen LogP contribution in [-0.2, 0) is 9.53 Å². The normalized spacial score (nSPS) is 14.9. The zero-order chi connectivity index (χ0) is 23.5. The van der Waals surface area contributed by atoms with E-state index in [4.69, 9.17) is 27.1 Å². The zero-order valence-electron chi connectivity index (χ0n) is 18.9. The summed E-state index contributed by atoms with van der Waals surface area (Å²) in [6.45, 7) is 7.88. The number of ether oxygens (including phenoxy) is 1. The SMILES string of the molecule is Cc1sc2c(c1C)C(c1ccc(Cl)cc1)=NC(CC(=O)NCCOCCN)c1nnc(C)n1-2. The van der Waals surface area contributed by atoms with Crippen LogP contribution in [0.4, 0.5) is 0 Å². The molecule has 0 spiro atoms. The molecule has 10 heteroatoms. The van der Waals surface area contributed by atoms with E-state index < -0.39 is 6.04 Å². The fraction of sp³-hybridized carbons (Fsp3) is 0.391.